The van der Waals surface area contributed by atoms with Crippen molar-refractivity contribution < 1.29 is 19.4 Å². The first-order valence-electron chi connectivity index (χ1n) is 18.0. The summed E-state index contributed by atoms with van der Waals surface area (Å²) in [5.74, 6) is 1.12. The predicted molar refractivity (Wildman–Crippen MR) is 192 cm³/mol. The van der Waals surface area contributed by atoms with E-state index < -0.39 is 0 Å². The molecule has 13 heteroatoms. The summed E-state index contributed by atoms with van der Waals surface area (Å²) < 4.78 is 8.16. The monoisotopic (exact) mass is 687 g/mol. The van der Waals surface area contributed by atoms with E-state index in [9.17, 15) is 14.7 Å². The zero-order valence-electron chi connectivity index (χ0n) is 28.4. The third-order valence-corrected chi connectivity index (χ3v) is 11.2. The summed E-state index contributed by atoms with van der Waals surface area (Å²) >= 11 is 0. The van der Waals surface area contributed by atoms with Gasteiger partial charge < -0.3 is 24.6 Å². The molecule has 1 aliphatic carbocycles. The summed E-state index contributed by atoms with van der Waals surface area (Å²) in [6, 6.07) is 15.7. The molecule has 0 spiro atoms. The number of rotatable bonds is 6. The highest BCUT2D eigenvalue weighted by Gasteiger charge is 2.37. The molecule has 4 aliphatic rings. The Morgan fingerprint density at radius 3 is 2.55 bits per heavy atom. The fourth-order valence-electron chi connectivity index (χ4n) is 8.54. The molecule has 1 atom stereocenters. The Kier molecular flexibility index (Phi) is 8.06. The SMILES string of the molecule is O=C1CCC(N2CCOc3c(C4CCC(N5CCN(c6cnn(-c7c[nH]c8nnc(-c9ccccc9O)cc78)c6)CC5)CC4)cccc32)C(=O)N1. The van der Waals surface area contributed by atoms with E-state index in [1.807, 2.05) is 35.3 Å². The average molecular weight is 688 g/mol. The van der Waals surface area contributed by atoms with Crippen molar-refractivity contribution >= 4 is 34.2 Å². The smallest absolute Gasteiger partial charge is 0.249 e. The maximum atomic E-state index is 12.7. The number of carbonyl (C=O) groups is 2. The standard InChI is InChI=1S/C38H41N9O4/c48-34-7-2-1-4-28(34)30-20-29-33(22-39-37(29)43-42-30)47-23-26(21-40-47)45-16-14-44(15-17-45)25-10-8-24(9-11-25)27-5-3-6-31-36(27)51-19-18-46(31)32-12-13-35(49)41-38(32)50/h1-7,20-25,32,48H,8-19H2,(H,39,43)(H,41,49,50). The normalized spacial score (nSPS) is 22.9. The maximum absolute atomic E-state index is 12.7. The fourth-order valence-corrected chi connectivity index (χ4v) is 8.54. The number of piperidine rings is 1. The molecule has 51 heavy (non-hydrogen) atoms. The Balaban J connectivity index is 0.827. The number of nitrogens with zero attached hydrogens (tertiary/aromatic N) is 7. The third-order valence-electron chi connectivity index (χ3n) is 11.2. The Labute approximate surface area is 295 Å². The van der Waals surface area contributed by atoms with Crippen molar-refractivity contribution in [3.8, 4) is 28.4 Å². The number of phenolic OH excluding ortho intramolecular Hbond substituents is 1. The third kappa shape index (κ3) is 5.84. The Bertz CT molecular complexity index is 2090. The van der Waals surface area contributed by atoms with Crippen LogP contribution in [0, 0.1) is 0 Å². The highest BCUT2D eigenvalue weighted by atomic mass is 16.5. The van der Waals surface area contributed by atoms with Gasteiger partial charge in [0.25, 0.3) is 0 Å². The fraction of sp³-hybridized carbons (Fsp3) is 0.395. The van der Waals surface area contributed by atoms with Gasteiger partial charge in [0.15, 0.2) is 5.65 Å². The number of carbonyl (C=O) groups excluding carboxylic acids is 2. The van der Waals surface area contributed by atoms with Crippen LogP contribution in [0.4, 0.5) is 11.4 Å². The molecule has 6 heterocycles. The number of phenols is 1. The highest BCUT2D eigenvalue weighted by molar-refractivity contribution is 6.02. The van der Waals surface area contributed by atoms with Gasteiger partial charge in [-0.3, -0.25) is 19.8 Å². The number of H-pyrrole nitrogens is 1. The molecule has 1 saturated carbocycles. The molecule has 3 fully saturated rings. The number of imide groups is 1. The van der Waals surface area contributed by atoms with Crippen LogP contribution in [0.2, 0.25) is 0 Å². The molecule has 13 nitrogen and oxygen atoms in total. The number of aromatic nitrogens is 5. The number of amides is 2. The summed E-state index contributed by atoms with van der Waals surface area (Å²) in [7, 11) is 0. The molecule has 2 aromatic carbocycles. The van der Waals surface area contributed by atoms with Gasteiger partial charge in [0.2, 0.25) is 11.8 Å². The number of ether oxygens (including phenoxy) is 1. The second kappa shape index (κ2) is 13.0. The number of piperazine rings is 1. The van der Waals surface area contributed by atoms with Gasteiger partial charge in [-0.25, -0.2) is 4.68 Å². The molecule has 2 amide bonds. The van der Waals surface area contributed by atoms with Crippen molar-refractivity contribution in [2.24, 2.45) is 0 Å². The molecule has 0 bridgehead atoms. The lowest BCUT2D eigenvalue weighted by Crippen LogP contribution is -2.54. The topological polar surface area (TPSA) is 145 Å². The number of benzene rings is 2. The minimum atomic E-state index is -0.336. The zero-order valence-corrected chi connectivity index (χ0v) is 28.4. The first-order valence-corrected chi connectivity index (χ1v) is 18.0. The van der Waals surface area contributed by atoms with Crippen molar-refractivity contribution in [2.45, 2.75) is 56.5 Å². The zero-order chi connectivity index (χ0) is 34.5. The van der Waals surface area contributed by atoms with E-state index in [1.54, 1.807) is 12.1 Å². The van der Waals surface area contributed by atoms with Crippen LogP contribution < -0.4 is 19.9 Å². The van der Waals surface area contributed by atoms with Crippen LogP contribution in [0.1, 0.15) is 50.0 Å². The number of para-hydroxylation sites is 2. The van der Waals surface area contributed by atoms with Crippen LogP contribution in [-0.2, 0) is 9.59 Å². The van der Waals surface area contributed by atoms with Gasteiger partial charge in [-0.2, -0.15) is 5.10 Å². The second-order valence-corrected chi connectivity index (χ2v) is 14.1. The molecule has 0 radical (unpaired) electrons. The number of anilines is 2. The van der Waals surface area contributed by atoms with E-state index in [-0.39, 0.29) is 23.6 Å². The van der Waals surface area contributed by atoms with E-state index >= 15 is 0 Å². The number of nitrogens with one attached hydrogen (secondary N) is 2. The van der Waals surface area contributed by atoms with Gasteiger partial charge in [0.05, 0.1) is 41.7 Å². The van der Waals surface area contributed by atoms with Crippen molar-refractivity contribution in [3.63, 3.8) is 0 Å². The van der Waals surface area contributed by atoms with Gasteiger partial charge in [-0.1, -0.05) is 24.3 Å². The average Bonchev–Trinajstić information content (AvgIpc) is 3.82. The largest absolute Gasteiger partial charge is 0.507 e. The van der Waals surface area contributed by atoms with Gasteiger partial charge in [0, 0.05) is 55.8 Å². The number of hydrogen-bond donors (Lipinski definition) is 3. The summed E-state index contributed by atoms with van der Waals surface area (Å²) in [4.78, 5) is 34.9. The first kappa shape index (κ1) is 31.5. The lowest BCUT2D eigenvalue weighted by Gasteiger charge is -2.43. The molecular weight excluding hydrogens is 646 g/mol. The summed E-state index contributed by atoms with van der Waals surface area (Å²) in [5.41, 5.74) is 6.11. The minimum Gasteiger partial charge on any atom is -0.507 e. The van der Waals surface area contributed by atoms with Crippen LogP contribution in [0.25, 0.3) is 28.0 Å². The van der Waals surface area contributed by atoms with E-state index in [2.05, 4.69) is 59.6 Å². The molecule has 3 aromatic heterocycles. The van der Waals surface area contributed by atoms with E-state index in [1.165, 1.54) is 5.56 Å². The quantitative estimate of drug-likeness (QED) is 0.220. The number of hydrogen-bond acceptors (Lipinski definition) is 10. The van der Waals surface area contributed by atoms with E-state index in [0.29, 0.717) is 54.9 Å². The molecule has 3 N–H and O–H groups in total. The maximum Gasteiger partial charge on any atom is 0.249 e. The summed E-state index contributed by atoms with van der Waals surface area (Å²) in [6.45, 7) is 5.09. The molecule has 9 rings (SSSR count). The Morgan fingerprint density at radius 1 is 0.882 bits per heavy atom. The van der Waals surface area contributed by atoms with Crippen molar-refractivity contribution in [3.05, 3.63) is 72.7 Å². The lowest BCUT2D eigenvalue weighted by molar-refractivity contribution is -0.134. The molecule has 3 aliphatic heterocycles. The lowest BCUT2D eigenvalue weighted by atomic mass is 9.80. The van der Waals surface area contributed by atoms with Crippen LogP contribution in [0.3, 0.4) is 0 Å². The first-order chi connectivity index (χ1) is 25.0. The molecule has 1 unspecified atom stereocenters. The van der Waals surface area contributed by atoms with Crippen LogP contribution in [0.5, 0.6) is 11.5 Å². The van der Waals surface area contributed by atoms with E-state index in [0.717, 1.165) is 80.1 Å². The minimum absolute atomic E-state index is 0.168. The number of aromatic amines is 1. The van der Waals surface area contributed by atoms with Gasteiger partial charge >= 0.3 is 0 Å². The number of fused-ring (bicyclic) bond motifs is 2. The predicted octanol–water partition coefficient (Wildman–Crippen LogP) is 4.37. The molecular formula is C38H41N9O4. The van der Waals surface area contributed by atoms with Crippen LogP contribution in [-0.4, -0.2) is 98.2 Å². The summed E-state index contributed by atoms with van der Waals surface area (Å²) in [6.07, 6.45) is 11.3. The Morgan fingerprint density at radius 2 is 1.73 bits per heavy atom. The van der Waals surface area contributed by atoms with Gasteiger partial charge in [-0.05, 0) is 67.9 Å². The van der Waals surface area contributed by atoms with Gasteiger partial charge in [0.1, 0.15) is 24.1 Å². The highest BCUT2D eigenvalue weighted by Crippen LogP contribution is 2.45. The van der Waals surface area contributed by atoms with Crippen LogP contribution in [0.15, 0.2) is 67.1 Å². The summed E-state index contributed by atoms with van der Waals surface area (Å²) in [5, 5.41) is 27.1. The van der Waals surface area contributed by atoms with Crippen molar-refractivity contribution in [2.75, 3.05) is 49.1 Å². The Hall–Kier alpha value is -5.43. The van der Waals surface area contributed by atoms with Crippen molar-refractivity contribution in [1.82, 2.24) is 35.2 Å². The molecule has 2 saturated heterocycles. The number of aromatic hydroxyl groups is 1. The molecule has 5 aromatic rings. The second-order valence-electron chi connectivity index (χ2n) is 14.1. The van der Waals surface area contributed by atoms with E-state index in [4.69, 9.17) is 9.84 Å². The molecule has 262 valence electrons. The van der Waals surface area contributed by atoms with Crippen LogP contribution >= 0.6 is 0 Å². The van der Waals surface area contributed by atoms with Gasteiger partial charge in [-0.15, -0.1) is 10.2 Å². The van der Waals surface area contributed by atoms with Crippen molar-refractivity contribution in [1.29, 1.82) is 0 Å².